The van der Waals surface area contributed by atoms with E-state index in [0.717, 1.165) is 6.42 Å². The van der Waals surface area contributed by atoms with Crippen LogP contribution in [0.4, 0.5) is 4.79 Å². The number of hydrogen-bond acceptors (Lipinski definition) is 2. The normalized spacial score (nSPS) is 19.0. The second-order valence-corrected chi connectivity index (χ2v) is 5.11. The zero-order chi connectivity index (χ0) is 11.7. The molecule has 0 spiro atoms. The molecule has 0 atom stereocenters. The Morgan fingerprint density at radius 2 is 2.07 bits per heavy atom. The number of nitrogens with zero attached hydrogens (tertiary/aromatic N) is 1. The Morgan fingerprint density at radius 3 is 2.40 bits per heavy atom. The molecule has 15 heavy (non-hydrogen) atoms. The van der Waals surface area contributed by atoms with Crippen LogP contribution >= 0.6 is 0 Å². The molecule has 0 radical (unpaired) electrons. The van der Waals surface area contributed by atoms with Gasteiger partial charge in [0.25, 0.3) is 0 Å². The highest BCUT2D eigenvalue weighted by atomic mass is 16.6. The summed E-state index contributed by atoms with van der Waals surface area (Å²) >= 11 is 0. The van der Waals surface area contributed by atoms with Gasteiger partial charge in [-0.15, -0.1) is 6.42 Å². The van der Waals surface area contributed by atoms with Gasteiger partial charge in [-0.25, -0.2) is 4.79 Å². The lowest BCUT2D eigenvalue weighted by Gasteiger charge is -2.46. The Bertz CT molecular complexity index is 290. The highest BCUT2D eigenvalue weighted by molar-refractivity contribution is 5.69. The molecule has 0 aliphatic carbocycles. The number of likely N-dealkylation sites (tertiary alicyclic amines) is 1. The molecule has 0 aromatic carbocycles. The molecule has 0 saturated carbocycles. The van der Waals surface area contributed by atoms with Gasteiger partial charge in [0, 0.05) is 13.1 Å². The molecule has 84 valence electrons. The molecule has 0 N–H and O–H groups in total. The molecule has 1 aliphatic heterocycles. The van der Waals surface area contributed by atoms with E-state index in [9.17, 15) is 4.79 Å². The number of terminal acetylenes is 1. The van der Waals surface area contributed by atoms with E-state index in [2.05, 4.69) is 5.92 Å². The van der Waals surface area contributed by atoms with E-state index >= 15 is 0 Å². The molecule has 0 bridgehead atoms. The summed E-state index contributed by atoms with van der Waals surface area (Å²) in [5.41, 5.74) is -0.547. The van der Waals surface area contributed by atoms with Crippen LogP contribution in [0.15, 0.2) is 0 Å². The summed E-state index contributed by atoms with van der Waals surface area (Å²) in [5.74, 6) is 2.76. The lowest BCUT2D eigenvalue weighted by molar-refractivity contribution is -0.0166. The molecule has 1 fully saturated rings. The molecule has 0 unspecified atom stereocenters. The molecular weight excluding hydrogens is 190 g/mol. The number of carbonyl (C=O) groups excluding carboxylic acids is 1. The Kier molecular flexibility index (Phi) is 2.99. The van der Waals surface area contributed by atoms with Crippen LogP contribution in [0.2, 0.25) is 0 Å². The van der Waals surface area contributed by atoms with Gasteiger partial charge in [-0.2, -0.15) is 0 Å². The molecule has 0 aromatic heterocycles. The van der Waals surface area contributed by atoms with Gasteiger partial charge < -0.3 is 9.64 Å². The first kappa shape index (κ1) is 11.9. The first-order valence-corrected chi connectivity index (χ1v) is 5.27. The number of ether oxygens (including phenoxy) is 1. The first-order chi connectivity index (χ1) is 6.82. The summed E-state index contributed by atoms with van der Waals surface area (Å²) in [7, 11) is 0. The van der Waals surface area contributed by atoms with E-state index in [4.69, 9.17) is 11.2 Å². The molecule has 1 amide bonds. The van der Waals surface area contributed by atoms with Crippen molar-refractivity contribution in [2.24, 2.45) is 5.41 Å². The molecule has 1 saturated heterocycles. The minimum absolute atomic E-state index is 0.114. The maximum atomic E-state index is 11.6. The molecule has 1 heterocycles. The van der Waals surface area contributed by atoms with E-state index in [1.54, 1.807) is 4.90 Å². The van der Waals surface area contributed by atoms with Crippen LogP contribution in [0.5, 0.6) is 0 Å². The van der Waals surface area contributed by atoms with Crippen molar-refractivity contribution in [3.63, 3.8) is 0 Å². The highest BCUT2D eigenvalue weighted by Crippen LogP contribution is 2.33. The summed E-state index contributed by atoms with van der Waals surface area (Å²) in [6, 6.07) is 0. The lowest BCUT2D eigenvalue weighted by atomic mass is 9.78. The maximum Gasteiger partial charge on any atom is 0.410 e. The summed E-state index contributed by atoms with van der Waals surface area (Å²) in [5, 5.41) is 0. The van der Waals surface area contributed by atoms with Crippen LogP contribution < -0.4 is 0 Å². The van der Waals surface area contributed by atoms with Crippen LogP contribution in [0.1, 0.15) is 34.1 Å². The average Bonchev–Trinajstić information content (AvgIpc) is 2.00. The second-order valence-electron chi connectivity index (χ2n) is 5.11. The Labute approximate surface area is 91.8 Å². The third-order valence-corrected chi connectivity index (χ3v) is 2.62. The van der Waals surface area contributed by atoms with Crippen molar-refractivity contribution < 1.29 is 9.53 Å². The quantitative estimate of drug-likeness (QED) is 0.620. The van der Waals surface area contributed by atoms with Gasteiger partial charge in [0.1, 0.15) is 5.60 Å². The van der Waals surface area contributed by atoms with Gasteiger partial charge in [0.05, 0.1) is 5.41 Å². The molecular formula is C12H19NO2. The van der Waals surface area contributed by atoms with Crippen LogP contribution in [0, 0.1) is 17.8 Å². The minimum Gasteiger partial charge on any atom is -0.444 e. The fourth-order valence-electron chi connectivity index (χ4n) is 1.56. The van der Waals surface area contributed by atoms with Crippen LogP contribution in [0.3, 0.4) is 0 Å². The monoisotopic (exact) mass is 209 g/mol. The highest BCUT2D eigenvalue weighted by Gasteiger charge is 2.43. The van der Waals surface area contributed by atoms with E-state index in [1.165, 1.54) is 0 Å². The van der Waals surface area contributed by atoms with E-state index < -0.39 is 5.60 Å². The summed E-state index contributed by atoms with van der Waals surface area (Å²) < 4.78 is 5.24. The Hall–Kier alpha value is -1.17. The zero-order valence-electron chi connectivity index (χ0n) is 9.96. The third-order valence-electron chi connectivity index (χ3n) is 2.62. The average molecular weight is 209 g/mol. The van der Waals surface area contributed by atoms with Crippen molar-refractivity contribution in [2.75, 3.05) is 13.1 Å². The van der Waals surface area contributed by atoms with Crippen molar-refractivity contribution in [1.82, 2.24) is 4.90 Å². The SMILES string of the molecule is C#CC1(CC)CN(C(=O)OC(C)(C)C)C1. The molecule has 1 rings (SSSR count). The topological polar surface area (TPSA) is 29.5 Å². The third kappa shape index (κ3) is 2.65. The van der Waals surface area contributed by atoms with Crippen molar-refractivity contribution in [2.45, 2.75) is 39.7 Å². The van der Waals surface area contributed by atoms with Crippen molar-refractivity contribution in [3.05, 3.63) is 0 Å². The second kappa shape index (κ2) is 3.77. The predicted molar refractivity (Wildman–Crippen MR) is 59.4 cm³/mol. The van der Waals surface area contributed by atoms with Crippen molar-refractivity contribution in [3.8, 4) is 12.3 Å². The summed E-state index contributed by atoms with van der Waals surface area (Å²) in [6.07, 6.45) is 6.08. The zero-order valence-corrected chi connectivity index (χ0v) is 9.96. The fraction of sp³-hybridized carbons (Fsp3) is 0.750. The van der Waals surface area contributed by atoms with E-state index in [1.807, 2.05) is 27.7 Å². The van der Waals surface area contributed by atoms with E-state index in [0.29, 0.717) is 13.1 Å². The number of carbonyl (C=O) groups is 1. The standard InChI is InChI=1S/C12H19NO2/c1-6-12(7-2)8-13(9-12)10(14)15-11(3,4)5/h1H,7-9H2,2-5H3. The van der Waals surface area contributed by atoms with Gasteiger partial charge >= 0.3 is 6.09 Å². The molecule has 1 aliphatic rings. The largest absolute Gasteiger partial charge is 0.444 e. The number of amides is 1. The van der Waals surface area contributed by atoms with Gasteiger partial charge in [-0.05, 0) is 27.2 Å². The molecule has 3 nitrogen and oxygen atoms in total. The smallest absolute Gasteiger partial charge is 0.410 e. The van der Waals surface area contributed by atoms with Gasteiger partial charge in [-0.3, -0.25) is 0 Å². The van der Waals surface area contributed by atoms with Gasteiger partial charge in [0.2, 0.25) is 0 Å². The van der Waals surface area contributed by atoms with Gasteiger partial charge in [-0.1, -0.05) is 12.8 Å². The molecule has 0 aromatic rings. The van der Waals surface area contributed by atoms with Gasteiger partial charge in [0.15, 0.2) is 0 Å². The fourth-order valence-corrected chi connectivity index (χ4v) is 1.56. The number of rotatable bonds is 1. The number of hydrogen-bond donors (Lipinski definition) is 0. The summed E-state index contributed by atoms with van der Waals surface area (Å²) in [6.45, 7) is 8.87. The van der Waals surface area contributed by atoms with Crippen molar-refractivity contribution in [1.29, 1.82) is 0 Å². The van der Waals surface area contributed by atoms with Crippen LogP contribution in [0.25, 0.3) is 0 Å². The maximum absolute atomic E-state index is 11.6. The van der Waals surface area contributed by atoms with Crippen LogP contribution in [-0.4, -0.2) is 29.7 Å². The van der Waals surface area contributed by atoms with Crippen molar-refractivity contribution >= 4 is 6.09 Å². The minimum atomic E-state index is -0.433. The predicted octanol–water partition coefficient (Wildman–Crippen LogP) is 2.27. The van der Waals surface area contributed by atoms with Crippen LogP contribution in [-0.2, 0) is 4.74 Å². The molecule has 3 heteroatoms. The Morgan fingerprint density at radius 1 is 1.53 bits per heavy atom. The lowest BCUT2D eigenvalue weighted by Crippen LogP contribution is -2.58. The van der Waals surface area contributed by atoms with E-state index in [-0.39, 0.29) is 11.5 Å². The Balaban J connectivity index is 2.46. The summed E-state index contributed by atoms with van der Waals surface area (Å²) in [4.78, 5) is 13.3. The first-order valence-electron chi connectivity index (χ1n) is 5.27.